The van der Waals surface area contributed by atoms with Gasteiger partial charge in [-0.25, -0.2) is 8.42 Å². The molecule has 0 radical (unpaired) electrons. The number of carbonyl (C=O) groups excluding carboxylic acids is 1. The number of ketones is 1. The molecule has 0 heterocycles. The van der Waals surface area contributed by atoms with Crippen molar-refractivity contribution in [3.8, 4) is 0 Å². The Morgan fingerprint density at radius 3 is 2.09 bits per heavy atom. The van der Waals surface area contributed by atoms with Crippen molar-refractivity contribution in [2.45, 2.75) is 18.2 Å². The smallest absolute Gasteiger partial charge is 0.185 e. The van der Waals surface area contributed by atoms with Gasteiger partial charge in [-0.1, -0.05) is 37.3 Å². The predicted molar refractivity (Wildman–Crippen MR) is 88.7 cm³/mol. The van der Waals surface area contributed by atoms with Crippen LogP contribution in [0.2, 0.25) is 0 Å². The molecule has 0 aliphatic heterocycles. The van der Waals surface area contributed by atoms with Gasteiger partial charge in [0.05, 0.1) is 4.90 Å². The minimum absolute atomic E-state index is 0.153. The maximum absolute atomic E-state index is 12.1. The molecule has 3 nitrogen and oxygen atoms in total. The zero-order valence-corrected chi connectivity index (χ0v) is 13.4. The molecule has 0 unspecified atom stereocenters. The molecule has 0 N–H and O–H groups in total. The van der Waals surface area contributed by atoms with E-state index in [0.29, 0.717) is 5.56 Å². The number of hydrogen-bond donors (Lipinski definition) is 0. The Hall–Kier alpha value is -2.20. The summed E-state index contributed by atoms with van der Waals surface area (Å²) in [6.45, 7) is 2.09. The molecule has 0 saturated heterocycles. The van der Waals surface area contributed by atoms with Crippen molar-refractivity contribution >= 4 is 21.7 Å². The maximum atomic E-state index is 12.1. The van der Waals surface area contributed by atoms with Crippen LogP contribution in [0.3, 0.4) is 0 Å². The van der Waals surface area contributed by atoms with E-state index in [1.54, 1.807) is 6.08 Å². The van der Waals surface area contributed by atoms with E-state index in [9.17, 15) is 13.2 Å². The number of carbonyl (C=O) groups is 1. The second-order valence-corrected chi connectivity index (χ2v) is 7.10. The Kier molecular flexibility index (Phi) is 4.93. The van der Waals surface area contributed by atoms with Gasteiger partial charge in [0.2, 0.25) is 0 Å². The first-order valence-electron chi connectivity index (χ1n) is 7.01. The number of allylic oxidation sites excluding steroid dienone is 1. The molecule has 0 aliphatic carbocycles. The van der Waals surface area contributed by atoms with Gasteiger partial charge in [0, 0.05) is 11.8 Å². The molecule has 2 aromatic carbocycles. The Bertz CT molecular complexity index is 783. The summed E-state index contributed by atoms with van der Waals surface area (Å²) in [4.78, 5) is 12.3. The van der Waals surface area contributed by atoms with Crippen LogP contribution in [0.4, 0.5) is 0 Å². The molecule has 0 saturated carbocycles. The van der Waals surface area contributed by atoms with E-state index < -0.39 is 9.84 Å². The third-order valence-electron chi connectivity index (χ3n) is 3.38. The van der Waals surface area contributed by atoms with Gasteiger partial charge < -0.3 is 0 Å². The highest BCUT2D eigenvalue weighted by atomic mass is 32.2. The van der Waals surface area contributed by atoms with Crippen LogP contribution in [0.5, 0.6) is 0 Å². The molecule has 2 rings (SSSR count). The zero-order chi connectivity index (χ0) is 16.2. The van der Waals surface area contributed by atoms with Gasteiger partial charge in [-0.2, -0.15) is 0 Å². The predicted octanol–water partition coefficient (Wildman–Crippen LogP) is 3.55. The van der Waals surface area contributed by atoms with E-state index in [-0.39, 0.29) is 10.7 Å². The second-order valence-electron chi connectivity index (χ2n) is 5.09. The molecule has 114 valence electrons. The van der Waals surface area contributed by atoms with Crippen molar-refractivity contribution < 1.29 is 13.2 Å². The Labute approximate surface area is 131 Å². The Morgan fingerprint density at radius 1 is 1.00 bits per heavy atom. The van der Waals surface area contributed by atoms with Crippen LogP contribution in [-0.2, 0) is 16.3 Å². The molecule has 4 heteroatoms. The van der Waals surface area contributed by atoms with Crippen molar-refractivity contribution in [2.24, 2.45) is 0 Å². The first-order chi connectivity index (χ1) is 10.4. The van der Waals surface area contributed by atoms with E-state index in [1.165, 1.54) is 35.9 Å². The lowest BCUT2D eigenvalue weighted by Crippen LogP contribution is -1.99. The lowest BCUT2D eigenvalue weighted by Gasteiger charge is -2.00. The molecule has 0 fully saturated rings. The average molecular weight is 314 g/mol. The molecule has 22 heavy (non-hydrogen) atoms. The van der Waals surface area contributed by atoms with E-state index in [1.807, 2.05) is 24.3 Å². The molecular formula is C18H18O3S. The van der Waals surface area contributed by atoms with Crippen LogP contribution in [0.15, 0.2) is 59.5 Å². The van der Waals surface area contributed by atoms with Gasteiger partial charge in [-0.05, 0) is 47.9 Å². The lowest BCUT2D eigenvalue weighted by atomic mass is 10.1. The molecule has 2 aromatic rings. The highest BCUT2D eigenvalue weighted by molar-refractivity contribution is 7.90. The third kappa shape index (κ3) is 4.15. The first-order valence-corrected chi connectivity index (χ1v) is 8.91. The molecule has 0 atom stereocenters. The SMILES string of the molecule is CCc1ccc(/C=C/C(=O)c2ccc(S(C)(=O)=O)cc2)cc1. The van der Waals surface area contributed by atoms with Gasteiger partial charge in [-0.3, -0.25) is 4.79 Å². The van der Waals surface area contributed by atoms with Gasteiger partial charge in [-0.15, -0.1) is 0 Å². The van der Waals surface area contributed by atoms with Crippen LogP contribution < -0.4 is 0 Å². The van der Waals surface area contributed by atoms with Gasteiger partial charge in [0.25, 0.3) is 0 Å². The molecular weight excluding hydrogens is 296 g/mol. The van der Waals surface area contributed by atoms with Crippen LogP contribution in [-0.4, -0.2) is 20.5 Å². The second kappa shape index (κ2) is 6.71. The summed E-state index contributed by atoms with van der Waals surface area (Å²) >= 11 is 0. The summed E-state index contributed by atoms with van der Waals surface area (Å²) in [6, 6.07) is 14.0. The fourth-order valence-electron chi connectivity index (χ4n) is 2.00. The number of hydrogen-bond acceptors (Lipinski definition) is 3. The lowest BCUT2D eigenvalue weighted by molar-refractivity contribution is 0.104. The fourth-order valence-corrected chi connectivity index (χ4v) is 2.63. The molecule has 0 spiro atoms. The fraction of sp³-hybridized carbons (Fsp3) is 0.167. The van der Waals surface area contributed by atoms with Gasteiger partial charge >= 0.3 is 0 Å². The minimum Gasteiger partial charge on any atom is -0.289 e. The Balaban J connectivity index is 2.12. The molecule has 0 bridgehead atoms. The molecule has 0 aromatic heterocycles. The van der Waals surface area contributed by atoms with E-state index in [4.69, 9.17) is 0 Å². The summed E-state index contributed by atoms with van der Waals surface area (Å²) in [5.74, 6) is -0.153. The van der Waals surface area contributed by atoms with Gasteiger partial charge in [0.15, 0.2) is 15.6 Å². The average Bonchev–Trinajstić information content (AvgIpc) is 2.52. The summed E-state index contributed by atoms with van der Waals surface area (Å²) in [5, 5.41) is 0. The van der Waals surface area contributed by atoms with E-state index in [0.717, 1.165) is 18.2 Å². The monoisotopic (exact) mass is 314 g/mol. The topological polar surface area (TPSA) is 51.2 Å². The number of aryl methyl sites for hydroxylation is 1. The Morgan fingerprint density at radius 2 is 1.59 bits per heavy atom. The number of sulfone groups is 1. The highest BCUT2D eigenvalue weighted by Gasteiger charge is 2.08. The standard InChI is InChI=1S/C18H18O3S/c1-3-14-4-6-15(7-5-14)8-13-18(19)16-9-11-17(12-10-16)22(2,20)21/h4-13H,3H2,1-2H3/b13-8+. The molecule has 0 amide bonds. The van der Waals surface area contributed by atoms with Crippen molar-refractivity contribution in [1.29, 1.82) is 0 Å². The maximum Gasteiger partial charge on any atom is 0.185 e. The van der Waals surface area contributed by atoms with Crippen LogP contribution >= 0.6 is 0 Å². The van der Waals surface area contributed by atoms with Gasteiger partial charge in [0.1, 0.15) is 0 Å². The number of rotatable bonds is 5. The summed E-state index contributed by atoms with van der Waals surface area (Å²) in [5.41, 5.74) is 2.67. The van der Waals surface area contributed by atoms with E-state index >= 15 is 0 Å². The van der Waals surface area contributed by atoms with Crippen LogP contribution in [0.1, 0.15) is 28.4 Å². The van der Waals surface area contributed by atoms with E-state index in [2.05, 4.69) is 6.92 Å². The van der Waals surface area contributed by atoms with Crippen molar-refractivity contribution in [2.75, 3.05) is 6.26 Å². The first kappa shape index (κ1) is 16.2. The molecule has 0 aliphatic rings. The van der Waals surface area contributed by atoms with Crippen molar-refractivity contribution in [3.63, 3.8) is 0 Å². The number of benzene rings is 2. The largest absolute Gasteiger partial charge is 0.289 e. The summed E-state index contributed by atoms with van der Waals surface area (Å²) in [6.07, 6.45) is 5.38. The normalized spacial score (nSPS) is 11.7. The van der Waals surface area contributed by atoms with Crippen LogP contribution in [0, 0.1) is 0 Å². The van der Waals surface area contributed by atoms with Crippen molar-refractivity contribution in [3.05, 3.63) is 71.3 Å². The minimum atomic E-state index is -3.24. The van der Waals surface area contributed by atoms with Crippen molar-refractivity contribution in [1.82, 2.24) is 0 Å². The zero-order valence-electron chi connectivity index (χ0n) is 12.6. The third-order valence-corrected chi connectivity index (χ3v) is 4.51. The highest BCUT2D eigenvalue weighted by Crippen LogP contribution is 2.12. The quantitative estimate of drug-likeness (QED) is 0.626. The summed E-state index contributed by atoms with van der Waals surface area (Å²) in [7, 11) is -3.24. The summed E-state index contributed by atoms with van der Waals surface area (Å²) < 4.78 is 22.8. The van der Waals surface area contributed by atoms with Crippen LogP contribution in [0.25, 0.3) is 6.08 Å².